The third-order valence-electron chi connectivity index (χ3n) is 4.98. The second-order valence-electron chi connectivity index (χ2n) is 7.17. The second-order valence-corrected chi connectivity index (χ2v) is 10.5. The summed E-state index contributed by atoms with van der Waals surface area (Å²) < 4.78 is 23.8. The van der Waals surface area contributed by atoms with E-state index in [0.717, 1.165) is 21.8 Å². The highest BCUT2D eigenvalue weighted by Gasteiger charge is 2.18. The molecule has 4 rings (SSSR count). The van der Waals surface area contributed by atoms with Gasteiger partial charge in [0.1, 0.15) is 0 Å². The zero-order chi connectivity index (χ0) is 21.3. The molecule has 30 heavy (non-hydrogen) atoms. The first-order valence-electron chi connectivity index (χ1n) is 9.65. The molecule has 0 fully saturated rings. The van der Waals surface area contributed by atoms with Gasteiger partial charge in [-0.1, -0.05) is 36.9 Å². The van der Waals surface area contributed by atoms with Gasteiger partial charge in [-0.25, -0.2) is 8.42 Å². The van der Waals surface area contributed by atoms with Gasteiger partial charge in [0.2, 0.25) is 0 Å². The van der Waals surface area contributed by atoms with E-state index in [1.54, 1.807) is 43.0 Å². The Kier molecular flexibility index (Phi) is 5.58. The van der Waals surface area contributed by atoms with Crippen molar-refractivity contribution >= 4 is 38.9 Å². The summed E-state index contributed by atoms with van der Waals surface area (Å²) in [6.07, 6.45) is 0. The Morgan fingerprint density at radius 2 is 1.63 bits per heavy atom. The van der Waals surface area contributed by atoms with Crippen LogP contribution in [0.25, 0.3) is 0 Å². The largest absolute Gasteiger partial charge is 0.354 e. The van der Waals surface area contributed by atoms with E-state index < -0.39 is 9.84 Å². The van der Waals surface area contributed by atoms with Crippen molar-refractivity contribution in [3.63, 3.8) is 0 Å². The lowest BCUT2D eigenvalue weighted by Crippen LogP contribution is -2.23. The van der Waals surface area contributed by atoms with Gasteiger partial charge < -0.3 is 10.6 Å². The minimum Gasteiger partial charge on any atom is -0.354 e. The van der Waals surface area contributed by atoms with Gasteiger partial charge in [0.15, 0.2) is 9.84 Å². The van der Waals surface area contributed by atoms with E-state index in [-0.39, 0.29) is 11.7 Å². The summed E-state index contributed by atoms with van der Waals surface area (Å²) >= 11 is 1.68. The zero-order valence-corrected chi connectivity index (χ0v) is 18.4. The number of fused-ring (bicyclic) bond motifs is 2. The van der Waals surface area contributed by atoms with Crippen LogP contribution in [0.4, 0.5) is 11.4 Å². The van der Waals surface area contributed by atoms with Gasteiger partial charge in [0.05, 0.1) is 22.0 Å². The number of hydrogen-bond acceptors (Lipinski definition) is 5. The molecule has 7 heteroatoms. The standard InChI is InChI=1S/C23H22N2O3S2/c1-3-30(27,28)18-8-5-16(6-9-18)14-24-23(26)17-7-11-22-20(13-17)25-19-12-15(2)4-10-21(19)29-22/h4-13,25H,3,14H2,1-2H3,(H,24,26). The van der Waals surface area contributed by atoms with Crippen LogP contribution in [0.5, 0.6) is 0 Å². The third kappa shape index (κ3) is 4.22. The van der Waals surface area contributed by atoms with E-state index in [2.05, 4.69) is 35.8 Å². The lowest BCUT2D eigenvalue weighted by molar-refractivity contribution is 0.0951. The van der Waals surface area contributed by atoms with Crippen LogP contribution in [-0.2, 0) is 16.4 Å². The molecule has 1 heterocycles. The molecule has 0 spiro atoms. The second kappa shape index (κ2) is 8.16. The summed E-state index contributed by atoms with van der Waals surface area (Å²) in [6.45, 7) is 4.00. The van der Waals surface area contributed by atoms with Crippen molar-refractivity contribution in [1.82, 2.24) is 5.32 Å². The van der Waals surface area contributed by atoms with Crippen LogP contribution in [0.2, 0.25) is 0 Å². The number of benzene rings is 3. The zero-order valence-electron chi connectivity index (χ0n) is 16.7. The van der Waals surface area contributed by atoms with Gasteiger partial charge in [0, 0.05) is 21.9 Å². The fourth-order valence-electron chi connectivity index (χ4n) is 3.22. The Balaban J connectivity index is 1.44. The van der Waals surface area contributed by atoms with Crippen LogP contribution < -0.4 is 10.6 Å². The molecule has 1 aliphatic heterocycles. The molecule has 0 saturated carbocycles. The number of amides is 1. The molecule has 0 radical (unpaired) electrons. The maximum atomic E-state index is 12.6. The molecule has 3 aromatic rings. The van der Waals surface area contributed by atoms with Crippen LogP contribution in [0.3, 0.4) is 0 Å². The molecule has 5 nitrogen and oxygen atoms in total. The number of hydrogen-bond donors (Lipinski definition) is 2. The number of carbonyl (C=O) groups excluding carboxylic acids is 1. The van der Waals surface area contributed by atoms with Crippen molar-refractivity contribution in [2.75, 3.05) is 11.1 Å². The smallest absolute Gasteiger partial charge is 0.251 e. The van der Waals surface area contributed by atoms with E-state index in [4.69, 9.17) is 0 Å². The maximum Gasteiger partial charge on any atom is 0.251 e. The molecule has 154 valence electrons. The number of sulfone groups is 1. The average Bonchev–Trinajstić information content (AvgIpc) is 2.76. The third-order valence-corrected chi connectivity index (χ3v) is 7.88. The van der Waals surface area contributed by atoms with Crippen LogP contribution in [-0.4, -0.2) is 20.1 Å². The van der Waals surface area contributed by atoms with Crippen molar-refractivity contribution in [1.29, 1.82) is 0 Å². The first-order valence-corrected chi connectivity index (χ1v) is 12.1. The number of rotatable bonds is 5. The van der Waals surface area contributed by atoms with Crippen LogP contribution >= 0.6 is 11.8 Å². The van der Waals surface area contributed by atoms with E-state index in [9.17, 15) is 13.2 Å². The molecule has 0 unspecified atom stereocenters. The highest BCUT2D eigenvalue weighted by molar-refractivity contribution is 7.99. The number of aryl methyl sites for hydroxylation is 1. The summed E-state index contributed by atoms with van der Waals surface area (Å²) in [4.78, 5) is 15.2. The molecular formula is C23H22N2O3S2. The predicted molar refractivity (Wildman–Crippen MR) is 120 cm³/mol. The van der Waals surface area contributed by atoms with E-state index in [1.807, 2.05) is 18.2 Å². The van der Waals surface area contributed by atoms with Gasteiger partial charge in [-0.15, -0.1) is 0 Å². The van der Waals surface area contributed by atoms with E-state index in [1.165, 1.54) is 10.5 Å². The molecule has 3 aromatic carbocycles. The number of nitrogens with one attached hydrogen (secondary N) is 2. The average molecular weight is 439 g/mol. The normalized spacial score (nSPS) is 12.5. The molecule has 0 aliphatic carbocycles. The van der Waals surface area contributed by atoms with Crippen molar-refractivity contribution in [2.45, 2.75) is 35.1 Å². The van der Waals surface area contributed by atoms with Crippen molar-refractivity contribution in [3.05, 3.63) is 77.4 Å². The first kappa shape index (κ1) is 20.5. The Morgan fingerprint density at radius 1 is 0.967 bits per heavy atom. The summed E-state index contributed by atoms with van der Waals surface area (Å²) in [5.41, 5.74) is 4.56. The molecule has 0 saturated heterocycles. The van der Waals surface area contributed by atoms with Gasteiger partial charge in [-0.2, -0.15) is 0 Å². The Labute approximate surface area is 180 Å². The molecule has 0 bridgehead atoms. The van der Waals surface area contributed by atoms with Gasteiger partial charge in [-0.05, 0) is 60.5 Å². The number of carbonyl (C=O) groups is 1. The van der Waals surface area contributed by atoms with Crippen molar-refractivity contribution in [3.8, 4) is 0 Å². The minimum atomic E-state index is -3.22. The predicted octanol–water partition coefficient (Wildman–Crippen LogP) is 4.93. The number of anilines is 2. The SMILES string of the molecule is CCS(=O)(=O)c1ccc(CNC(=O)c2ccc3c(c2)Nc2cc(C)ccc2S3)cc1. The van der Waals surface area contributed by atoms with E-state index in [0.29, 0.717) is 17.0 Å². The maximum absolute atomic E-state index is 12.6. The van der Waals surface area contributed by atoms with Gasteiger partial charge >= 0.3 is 0 Å². The summed E-state index contributed by atoms with van der Waals surface area (Å²) in [5, 5.41) is 6.32. The minimum absolute atomic E-state index is 0.0672. The lowest BCUT2D eigenvalue weighted by atomic mass is 10.1. The van der Waals surface area contributed by atoms with Crippen LogP contribution in [0.1, 0.15) is 28.4 Å². The summed E-state index contributed by atoms with van der Waals surface area (Å²) in [6, 6.07) is 18.5. The topological polar surface area (TPSA) is 75.3 Å². The molecule has 0 atom stereocenters. The molecule has 0 aromatic heterocycles. The van der Waals surface area contributed by atoms with E-state index >= 15 is 0 Å². The Hall–Kier alpha value is -2.77. The molecule has 1 aliphatic rings. The molecule has 1 amide bonds. The summed E-state index contributed by atoms with van der Waals surface area (Å²) in [7, 11) is -3.22. The monoisotopic (exact) mass is 438 g/mol. The quantitative estimate of drug-likeness (QED) is 0.462. The molecule has 2 N–H and O–H groups in total. The van der Waals surface area contributed by atoms with Gasteiger partial charge in [-0.3, -0.25) is 4.79 Å². The highest BCUT2D eigenvalue weighted by Crippen LogP contribution is 2.44. The summed E-state index contributed by atoms with van der Waals surface area (Å²) in [5.74, 6) is -0.109. The van der Waals surface area contributed by atoms with Crippen LogP contribution in [0, 0.1) is 6.92 Å². The first-order chi connectivity index (χ1) is 14.4. The van der Waals surface area contributed by atoms with Crippen molar-refractivity contribution in [2.24, 2.45) is 0 Å². The Bertz CT molecular complexity index is 1220. The van der Waals surface area contributed by atoms with Crippen molar-refractivity contribution < 1.29 is 13.2 Å². The van der Waals surface area contributed by atoms with Crippen LogP contribution in [0.15, 0.2) is 75.4 Å². The lowest BCUT2D eigenvalue weighted by Gasteiger charge is -2.21. The van der Waals surface area contributed by atoms with Gasteiger partial charge in [0.25, 0.3) is 5.91 Å². The fourth-order valence-corrected chi connectivity index (χ4v) is 5.05. The Morgan fingerprint density at radius 3 is 2.33 bits per heavy atom. The highest BCUT2D eigenvalue weighted by atomic mass is 32.2. The fraction of sp³-hybridized carbons (Fsp3) is 0.174. The molecular weight excluding hydrogens is 416 g/mol.